The molecule has 1 aliphatic carbocycles. The maximum atomic E-state index is 12.2. The molecule has 3 nitrogen and oxygen atoms in total. The molecule has 0 amide bonds. The third-order valence-corrected chi connectivity index (χ3v) is 5.31. The van der Waals surface area contributed by atoms with Crippen molar-refractivity contribution in [3.05, 3.63) is 29.8 Å². The lowest BCUT2D eigenvalue weighted by atomic mass is 9.80. The van der Waals surface area contributed by atoms with E-state index in [9.17, 15) is 4.79 Å². The lowest BCUT2D eigenvalue weighted by Gasteiger charge is -2.26. The van der Waals surface area contributed by atoms with Gasteiger partial charge in [-0.25, -0.2) is 0 Å². The molecular formula is C19H25NO2S. The third-order valence-electron chi connectivity index (χ3n) is 4.60. The molecular weight excluding hydrogens is 306 g/mol. The second-order valence-corrected chi connectivity index (χ2v) is 7.14. The van der Waals surface area contributed by atoms with E-state index in [4.69, 9.17) is 9.44 Å². The van der Waals surface area contributed by atoms with E-state index in [1.54, 1.807) is 24.3 Å². The highest BCUT2D eigenvalue weighted by Gasteiger charge is 2.27. The Bertz CT molecular complexity index is 527. The van der Waals surface area contributed by atoms with Crippen LogP contribution in [0.1, 0.15) is 63.9 Å². The molecule has 0 aliphatic heterocycles. The molecule has 23 heavy (non-hydrogen) atoms. The van der Waals surface area contributed by atoms with Crippen molar-refractivity contribution in [3.63, 3.8) is 0 Å². The van der Waals surface area contributed by atoms with E-state index >= 15 is 0 Å². The van der Waals surface area contributed by atoms with E-state index in [0.29, 0.717) is 5.56 Å². The highest BCUT2D eigenvalue weighted by molar-refractivity contribution is 7.95. The molecule has 1 aromatic rings. The minimum Gasteiger partial charge on any atom is -0.386 e. The van der Waals surface area contributed by atoms with E-state index in [-0.39, 0.29) is 11.9 Å². The summed E-state index contributed by atoms with van der Waals surface area (Å²) in [5.74, 6) is 0.770. The normalized spacial score (nSPS) is 20.7. The third kappa shape index (κ3) is 5.91. The van der Waals surface area contributed by atoms with Gasteiger partial charge in [-0.05, 0) is 55.9 Å². The Hall–Kier alpha value is -1.47. The van der Waals surface area contributed by atoms with Crippen LogP contribution in [-0.2, 0) is 8.98 Å². The van der Waals surface area contributed by atoms with E-state index in [1.807, 2.05) is 0 Å². The van der Waals surface area contributed by atoms with Crippen LogP contribution in [0.4, 0.5) is 0 Å². The molecule has 0 N–H and O–H groups in total. The fourth-order valence-corrected chi connectivity index (χ4v) is 3.67. The Kier molecular flexibility index (Phi) is 7.48. The molecule has 0 unspecified atom stereocenters. The molecule has 0 saturated heterocycles. The summed E-state index contributed by atoms with van der Waals surface area (Å²) in [5.41, 5.74) is 0.613. The Morgan fingerprint density at radius 2 is 1.91 bits per heavy atom. The van der Waals surface area contributed by atoms with Gasteiger partial charge in [-0.15, -0.1) is 0 Å². The van der Waals surface area contributed by atoms with Gasteiger partial charge >= 0.3 is 5.97 Å². The van der Waals surface area contributed by atoms with Gasteiger partial charge in [0.15, 0.2) is 0 Å². The summed E-state index contributed by atoms with van der Waals surface area (Å²) < 4.78 is 5.37. The van der Waals surface area contributed by atoms with Gasteiger partial charge in [0.2, 0.25) is 0 Å². The molecule has 0 heterocycles. The predicted octanol–water partition coefficient (Wildman–Crippen LogP) is 5.50. The van der Waals surface area contributed by atoms with Crippen molar-refractivity contribution in [3.8, 4) is 6.07 Å². The SMILES string of the molecule is CCCCCC1CCC(C(=O)OSc2ccc(C#N)cc2)CC1. The van der Waals surface area contributed by atoms with Crippen molar-refractivity contribution >= 4 is 18.0 Å². The smallest absolute Gasteiger partial charge is 0.321 e. The van der Waals surface area contributed by atoms with Crippen LogP contribution in [0.15, 0.2) is 29.2 Å². The highest BCUT2D eigenvalue weighted by Crippen LogP contribution is 2.34. The Labute approximate surface area is 143 Å². The van der Waals surface area contributed by atoms with Crippen LogP contribution in [0.3, 0.4) is 0 Å². The van der Waals surface area contributed by atoms with Crippen LogP contribution < -0.4 is 0 Å². The zero-order valence-corrected chi connectivity index (χ0v) is 14.6. The van der Waals surface area contributed by atoms with Gasteiger partial charge < -0.3 is 4.18 Å². The van der Waals surface area contributed by atoms with Crippen molar-refractivity contribution in [1.29, 1.82) is 5.26 Å². The van der Waals surface area contributed by atoms with Gasteiger partial charge in [-0.3, -0.25) is 4.79 Å². The number of rotatable bonds is 7. The monoisotopic (exact) mass is 331 g/mol. The van der Waals surface area contributed by atoms with Gasteiger partial charge in [0.1, 0.15) is 0 Å². The fourth-order valence-electron chi connectivity index (χ4n) is 3.11. The minimum atomic E-state index is -0.0913. The molecule has 0 atom stereocenters. The number of carbonyl (C=O) groups excluding carboxylic acids is 1. The molecule has 2 rings (SSSR count). The van der Waals surface area contributed by atoms with Gasteiger partial charge in [-0.1, -0.05) is 32.6 Å². The number of benzene rings is 1. The van der Waals surface area contributed by atoms with Gasteiger partial charge in [0.05, 0.1) is 29.6 Å². The maximum absolute atomic E-state index is 12.2. The van der Waals surface area contributed by atoms with E-state index in [2.05, 4.69) is 13.0 Å². The van der Waals surface area contributed by atoms with Crippen LogP contribution in [0.2, 0.25) is 0 Å². The molecule has 0 radical (unpaired) electrons. The first-order valence-electron chi connectivity index (χ1n) is 8.61. The molecule has 1 aromatic carbocycles. The number of carbonyl (C=O) groups is 1. The number of nitriles is 1. The average Bonchev–Trinajstić information content (AvgIpc) is 2.61. The zero-order valence-electron chi connectivity index (χ0n) is 13.8. The quantitative estimate of drug-likeness (QED) is 0.489. The second kappa shape index (κ2) is 9.62. The van der Waals surface area contributed by atoms with Crippen molar-refractivity contribution in [1.82, 2.24) is 0 Å². The molecule has 1 saturated carbocycles. The van der Waals surface area contributed by atoms with Crippen molar-refractivity contribution in [2.75, 3.05) is 0 Å². The molecule has 1 fully saturated rings. The van der Waals surface area contributed by atoms with Crippen molar-refractivity contribution < 1.29 is 8.98 Å². The Morgan fingerprint density at radius 1 is 1.22 bits per heavy atom. The predicted molar refractivity (Wildman–Crippen MR) is 92.7 cm³/mol. The number of nitrogens with zero attached hydrogens (tertiary/aromatic N) is 1. The summed E-state index contributed by atoms with van der Waals surface area (Å²) in [5, 5.41) is 8.76. The summed E-state index contributed by atoms with van der Waals surface area (Å²) in [6, 6.07) is 9.16. The molecule has 124 valence electrons. The van der Waals surface area contributed by atoms with Gasteiger partial charge in [0.25, 0.3) is 0 Å². The van der Waals surface area contributed by atoms with E-state index in [0.717, 1.165) is 48.5 Å². The molecule has 4 heteroatoms. The molecule has 0 bridgehead atoms. The first kappa shape index (κ1) is 17.9. The zero-order chi connectivity index (χ0) is 16.5. The maximum Gasteiger partial charge on any atom is 0.321 e. The lowest BCUT2D eigenvalue weighted by Crippen LogP contribution is -2.22. The summed E-state index contributed by atoms with van der Waals surface area (Å²) in [7, 11) is 0. The van der Waals surface area contributed by atoms with Crippen LogP contribution in [-0.4, -0.2) is 5.97 Å². The van der Waals surface area contributed by atoms with Gasteiger partial charge in [-0.2, -0.15) is 5.26 Å². The first-order valence-corrected chi connectivity index (χ1v) is 9.35. The van der Waals surface area contributed by atoms with Gasteiger partial charge in [0, 0.05) is 4.90 Å². The summed E-state index contributed by atoms with van der Waals surface area (Å²) in [4.78, 5) is 13.0. The highest BCUT2D eigenvalue weighted by atomic mass is 32.2. The number of unbranched alkanes of at least 4 members (excludes halogenated alkanes) is 2. The lowest BCUT2D eigenvalue weighted by molar-refractivity contribution is -0.138. The fraction of sp³-hybridized carbons (Fsp3) is 0.579. The van der Waals surface area contributed by atoms with Crippen LogP contribution in [0, 0.1) is 23.2 Å². The Balaban J connectivity index is 1.69. The van der Waals surface area contributed by atoms with Crippen LogP contribution in [0.25, 0.3) is 0 Å². The summed E-state index contributed by atoms with van der Waals surface area (Å²) >= 11 is 1.10. The van der Waals surface area contributed by atoms with E-state index < -0.39 is 0 Å². The standard InChI is InChI=1S/C19H25NO2S/c1-2-3-4-5-15-6-10-17(11-7-15)19(21)22-23-18-12-8-16(14-20)9-13-18/h8-9,12-13,15,17H,2-7,10-11H2,1H3. The topological polar surface area (TPSA) is 50.1 Å². The molecule has 0 spiro atoms. The first-order chi connectivity index (χ1) is 11.2. The minimum absolute atomic E-state index is 0.0586. The summed E-state index contributed by atoms with van der Waals surface area (Å²) in [6.07, 6.45) is 9.47. The Morgan fingerprint density at radius 3 is 2.52 bits per heavy atom. The molecule has 1 aliphatic rings. The van der Waals surface area contributed by atoms with E-state index in [1.165, 1.54) is 25.7 Å². The summed E-state index contributed by atoms with van der Waals surface area (Å²) in [6.45, 7) is 2.23. The van der Waals surface area contributed by atoms with Crippen molar-refractivity contribution in [2.45, 2.75) is 63.2 Å². The van der Waals surface area contributed by atoms with Crippen LogP contribution in [0.5, 0.6) is 0 Å². The van der Waals surface area contributed by atoms with Crippen LogP contribution >= 0.6 is 12.0 Å². The second-order valence-electron chi connectivity index (χ2n) is 6.34. The average molecular weight is 331 g/mol. The largest absolute Gasteiger partial charge is 0.386 e. The number of hydrogen-bond acceptors (Lipinski definition) is 4. The van der Waals surface area contributed by atoms with Crippen molar-refractivity contribution in [2.24, 2.45) is 11.8 Å². The molecule has 0 aromatic heterocycles. The number of hydrogen-bond donors (Lipinski definition) is 0.